The summed E-state index contributed by atoms with van der Waals surface area (Å²) in [7, 11) is 0. The van der Waals surface area contributed by atoms with Crippen LogP contribution < -0.4 is 5.73 Å². The van der Waals surface area contributed by atoms with E-state index in [0.717, 1.165) is 10.5 Å². The third-order valence-corrected chi connectivity index (χ3v) is 3.19. The first kappa shape index (κ1) is 13.2. The average molecular weight is 249 g/mol. The first-order chi connectivity index (χ1) is 7.38. The number of anilines is 1. The third-order valence-electron chi connectivity index (χ3n) is 2.03. The minimum absolute atomic E-state index is 0.127. The molecule has 0 spiro atoms. The first-order valence-corrected chi connectivity index (χ1v) is 5.93. The molecule has 0 bridgehead atoms. The van der Waals surface area contributed by atoms with Crippen LogP contribution >= 0.6 is 11.8 Å². The highest BCUT2D eigenvalue weighted by Gasteiger charge is 2.25. The lowest BCUT2D eigenvalue weighted by Gasteiger charge is -2.08. The topological polar surface area (TPSA) is 26.0 Å². The second kappa shape index (κ2) is 5.48. The van der Waals surface area contributed by atoms with Gasteiger partial charge >= 0.3 is 6.18 Å². The summed E-state index contributed by atoms with van der Waals surface area (Å²) in [6.45, 7) is 1.93. The molecule has 0 atom stereocenters. The summed E-state index contributed by atoms with van der Waals surface area (Å²) in [4.78, 5) is 0.863. The van der Waals surface area contributed by atoms with E-state index < -0.39 is 12.6 Å². The molecule has 2 N–H and O–H groups in total. The lowest BCUT2D eigenvalue weighted by atomic mass is 10.2. The van der Waals surface area contributed by atoms with Crippen LogP contribution in [0.25, 0.3) is 0 Å². The molecule has 1 nitrogen and oxygen atoms in total. The number of halogens is 3. The predicted octanol–water partition coefficient (Wildman–Crippen LogP) is 4.01. The minimum Gasteiger partial charge on any atom is -0.398 e. The van der Waals surface area contributed by atoms with E-state index in [4.69, 9.17) is 5.73 Å². The summed E-state index contributed by atoms with van der Waals surface area (Å²) in [6.07, 6.45) is -4.66. The van der Waals surface area contributed by atoms with Gasteiger partial charge in [0, 0.05) is 17.0 Å². The zero-order valence-corrected chi connectivity index (χ0v) is 9.79. The fraction of sp³-hybridized carbons (Fsp3) is 0.455. The molecule has 0 aliphatic rings. The van der Waals surface area contributed by atoms with Crippen molar-refractivity contribution < 1.29 is 13.2 Å². The fourth-order valence-electron chi connectivity index (χ4n) is 1.22. The van der Waals surface area contributed by atoms with Gasteiger partial charge in [-0.3, -0.25) is 0 Å². The lowest BCUT2D eigenvalue weighted by Crippen LogP contribution is -2.06. The number of thioether (sulfide) groups is 1. The number of hydrogen-bond donors (Lipinski definition) is 1. The largest absolute Gasteiger partial charge is 0.398 e. The van der Waals surface area contributed by atoms with E-state index in [1.807, 2.05) is 19.1 Å². The molecule has 0 fully saturated rings. The van der Waals surface area contributed by atoms with Gasteiger partial charge in [0.2, 0.25) is 0 Å². The molecule has 5 heteroatoms. The molecule has 0 aliphatic heterocycles. The Morgan fingerprint density at radius 2 is 2.00 bits per heavy atom. The van der Waals surface area contributed by atoms with Gasteiger partial charge in [0.25, 0.3) is 0 Å². The van der Waals surface area contributed by atoms with Crippen molar-refractivity contribution in [3.8, 4) is 0 Å². The summed E-state index contributed by atoms with van der Waals surface area (Å²) in [5.74, 6) is 0.438. The number of nitrogen functional groups attached to an aromatic ring is 1. The molecule has 0 saturated carbocycles. The van der Waals surface area contributed by atoms with E-state index in [1.165, 1.54) is 11.8 Å². The molecule has 1 aromatic rings. The molecular formula is C11H14F3NS. The van der Waals surface area contributed by atoms with Crippen molar-refractivity contribution in [1.82, 2.24) is 0 Å². The Morgan fingerprint density at radius 3 is 2.62 bits per heavy atom. The minimum atomic E-state index is -4.06. The van der Waals surface area contributed by atoms with Crippen molar-refractivity contribution in [2.45, 2.75) is 30.8 Å². The van der Waals surface area contributed by atoms with E-state index in [1.54, 1.807) is 6.07 Å². The highest BCUT2D eigenvalue weighted by molar-refractivity contribution is 7.99. The number of nitrogens with two attached hydrogens (primary N) is 1. The van der Waals surface area contributed by atoms with Crippen LogP contribution in [0.5, 0.6) is 0 Å². The van der Waals surface area contributed by atoms with Crippen molar-refractivity contribution in [1.29, 1.82) is 0 Å². The Labute approximate surface area is 97.2 Å². The van der Waals surface area contributed by atoms with Crippen LogP contribution in [0, 0.1) is 6.92 Å². The molecule has 0 aliphatic carbocycles. The van der Waals surface area contributed by atoms with E-state index in [2.05, 4.69) is 0 Å². The summed E-state index contributed by atoms with van der Waals surface area (Å²) in [5.41, 5.74) is 7.40. The molecular weight excluding hydrogens is 235 g/mol. The predicted molar refractivity (Wildman–Crippen MR) is 61.6 cm³/mol. The summed E-state index contributed by atoms with van der Waals surface area (Å²) in [6, 6.07) is 5.56. The van der Waals surface area contributed by atoms with Crippen molar-refractivity contribution in [3.63, 3.8) is 0 Å². The molecule has 0 amide bonds. The average Bonchev–Trinajstić information content (AvgIpc) is 2.16. The summed E-state index contributed by atoms with van der Waals surface area (Å²) >= 11 is 1.38. The fourth-order valence-corrected chi connectivity index (χ4v) is 2.23. The number of hydrogen-bond acceptors (Lipinski definition) is 2. The van der Waals surface area contributed by atoms with Gasteiger partial charge in [0.15, 0.2) is 0 Å². The maximum absolute atomic E-state index is 11.9. The SMILES string of the molecule is Cc1ccc(N)c(SCCCC(F)(F)F)c1. The van der Waals surface area contributed by atoms with Crippen LogP contribution in [0.4, 0.5) is 18.9 Å². The van der Waals surface area contributed by atoms with E-state index >= 15 is 0 Å². The zero-order chi connectivity index (χ0) is 12.2. The second-order valence-corrected chi connectivity index (χ2v) is 4.75. The van der Waals surface area contributed by atoms with Crippen LogP contribution in [0.1, 0.15) is 18.4 Å². The quantitative estimate of drug-likeness (QED) is 0.495. The van der Waals surface area contributed by atoms with Crippen LogP contribution in [0.15, 0.2) is 23.1 Å². The summed E-state index contributed by atoms with van der Waals surface area (Å²) < 4.78 is 35.7. The molecule has 1 aromatic carbocycles. The van der Waals surface area contributed by atoms with Crippen molar-refractivity contribution >= 4 is 17.4 Å². The Kier molecular flexibility index (Phi) is 4.53. The van der Waals surface area contributed by atoms with Crippen LogP contribution in [0.3, 0.4) is 0 Å². The van der Waals surface area contributed by atoms with Gasteiger partial charge in [-0.15, -0.1) is 11.8 Å². The van der Waals surface area contributed by atoms with Crippen LogP contribution in [-0.4, -0.2) is 11.9 Å². The summed E-state index contributed by atoms with van der Waals surface area (Å²) in [5, 5.41) is 0. The van der Waals surface area contributed by atoms with Gasteiger partial charge in [-0.2, -0.15) is 13.2 Å². The zero-order valence-electron chi connectivity index (χ0n) is 8.97. The molecule has 0 unspecified atom stereocenters. The first-order valence-electron chi connectivity index (χ1n) is 4.94. The smallest absolute Gasteiger partial charge is 0.389 e. The Balaban J connectivity index is 2.40. The molecule has 0 heterocycles. The van der Waals surface area contributed by atoms with Crippen molar-refractivity contribution in [3.05, 3.63) is 23.8 Å². The lowest BCUT2D eigenvalue weighted by molar-refractivity contribution is -0.134. The Hall–Kier alpha value is -0.840. The maximum Gasteiger partial charge on any atom is 0.389 e. The van der Waals surface area contributed by atoms with Crippen LogP contribution in [0.2, 0.25) is 0 Å². The molecule has 16 heavy (non-hydrogen) atoms. The molecule has 0 saturated heterocycles. The van der Waals surface area contributed by atoms with Crippen molar-refractivity contribution in [2.24, 2.45) is 0 Å². The van der Waals surface area contributed by atoms with E-state index in [-0.39, 0.29) is 6.42 Å². The van der Waals surface area contributed by atoms with Crippen molar-refractivity contribution in [2.75, 3.05) is 11.5 Å². The van der Waals surface area contributed by atoms with Gasteiger partial charge in [0.1, 0.15) is 0 Å². The van der Waals surface area contributed by atoms with E-state index in [9.17, 15) is 13.2 Å². The highest BCUT2D eigenvalue weighted by atomic mass is 32.2. The Morgan fingerprint density at radius 1 is 1.31 bits per heavy atom. The van der Waals surface area contributed by atoms with Gasteiger partial charge in [-0.05, 0) is 36.8 Å². The van der Waals surface area contributed by atoms with E-state index in [0.29, 0.717) is 11.4 Å². The standard InChI is InChI=1S/C11H14F3NS/c1-8-3-4-9(15)10(7-8)16-6-2-5-11(12,13)14/h3-4,7H,2,5-6,15H2,1H3. The van der Waals surface area contributed by atoms with Gasteiger partial charge in [-0.1, -0.05) is 6.07 Å². The second-order valence-electron chi connectivity index (χ2n) is 3.61. The number of benzene rings is 1. The molecule has 0 aromatic heterocycles. The highest BCUT2D eigenvalue weighted by Crippen LogP contribution is 2.29. The third kappa shape index (κ3) is 4.79. The number of rotatable bonds is 4. The molecule has 90 valence electrons. The number of aryl methyl sites for hydroxylation is 1. The Bertz CT molecular complexity index is 350. The normalized spacial score (nSPS) is 11.8. The number of alkyl halides is 3. The van der Waals surface area contributed by atoms with Gasteiger partial charge in [-0.25, -0.2) is 0 Å². The molecule has 0 radical (unpaired) electrons. The maximum atomic E-state index is 11.9. The van der Waals surface area contributed by atoms with Gasteiger partial charge in [0.05, 0.1) is 0 Å². The molecule has 1 rings (SSSR count). The monoisotopic (exact) mass is 249 g/mol. The van der Waals surface area contributed by atoms with Crippen LogP contribution in [-0.2, 0) is 0 Å². The van der Waals surface area contributed by atoms with Gasteiger partial charge < -0.3 is 5.73 Å².